The molecule has 2 aromatic carbocycles. The Balaban J connectivity index is 1.57. The van der Waals surface area contributed by atoms with Gasteiger partial charge in [0.2, 0.25) is 0 Å². The maximum Gasteiger partial charge on any atom is 0.304 e. The van der Waals surface area contributed by atoms with E-state index in [-0.39, 0.29) is 12.5 Å². The van der Waals surface area contributed by atoms with Crippen LogP contribution in [-0.4, -0.2) is 42.2 Å². The van der Waals surface area contributed by atoms with Gasteiger partial charge in [-0.2, -0.15) is 0 Å². The Labute approximate surface area is 168 Å². The third-order valence-electron chi connectivity index (χ3n) is 4.45. The van der Waals surface area contributed by atoms with Gasteiger partial charge < -0.3 is 14.6 Å². The Morgan fingerprint density at radius 3 is 2.56 bits per heavy atom. The lowest BCUT2D eigenvalue weighted by molar-refractivity contribution is -0.137. The van der Waals surface area contributed by atoms with Crippen molar-refractivity contribution in [3.05, 3.63) is 63.6 Å². The number of hydrogen-bond donors (Lipinski definition) is 1. The minimum atomic E-state index is -0.777. The average Bonchev–Trinajstić information content (AvgIpc) is 2.67. The van der Waals surface area contributed by atoms with Gasteiger partial charge in [-0.15, -0.1) is 0 Å². The van der Waals surface area contributed by atoms with Crippen LogP contribution in [0.3, 0.4) is 0 Å². The van der Waals surface area contributed by atoms with Crippen LogP contribution in [0, 0.1) is 0 Å². The maximum atomic E-state index is 10.8. The Morgan fingerprint density at radius 2 is 1.89 bits per heavy atom. The molecule has 2 aromatic rings. The molecule has 1 aliphatic heterocycles. The largest absolute Gasteiger partial charge is 0.486 e. The van der Waals surface area contributed by atoms with Crippen molar-refractivity contribution in [3.63, 3.8) is 0 Å². The minimum Gasteiger partial charge on any atom is -0.486 e. The summed E-state index contributed by atoms with van der Waals surface area (Å²) in [7, 11) is 0. The first-order valence-electron chi connectivity index (χ1n) is 8.74. The summed E-state index contributed by atoms with van der Waals surface area (Å²) in [6, 6.07) is 13.2. The van der Waals surface area contributed by atoms with Gasteiger partial charge in [-0.1, -0.05) is 53.5 Å². The Hall–Kier alpha value is -1.79. The molecule has 1 fully saturated rings. The molecule has 0 aliphatic carbocycles. The number of ether oxygens (including phenoxy) is 2. The fraction of sp³-hybridized carbons (Fsp3) is 0.350. The molecule has 0 bridgehead atoms. The Bertz CT molecular complexity index is 762. The van der Waals surface area contributed by atoms with Crippen LogP contribution < -0.4 is 4.74 Å². The van der Waals surface area contributed by atoms with Gasteiger partial charge in [-0.05, 0) is 23.3 Å². The van der Waals surface area contributed by atoms with E-state index in [0.29, 0.717) is 42.1 Å². The van der Waals surface area contributed by atoms with Gasteiger partial charge in [0.15, 0.2) is 5.75 Å². The number of nitrogens with zero attached hydrogens (tertiary/aromatic N) is 1. The molecule has 1 aliphatic rings. The molecule has 1 unspecified atom stereocenters. The van der Waals surface area contributed by atoms with Crippen LogP contribution in [0.1, 0.15) is 23.7 Å². The summed E-state index contributed by atoms with van der Waals surface area (Å²) in [5, 5.41) is 9.80. The van der Waals surface area contributed by atoms with Crippen molar-refractivity contribution in [2.75, 3.05) is 26.2 Å². The van der Waals surface area contributed by atoms with E-state index < -0.39 is 5.97 Å². The fourth-order valence-corrected chi connectivity index (χ4v) is 3.47. The molecule has 7 heteroatoms. The van der Waals surface area contributed by atoms with Crippen LogP contribution in [0.15, 0.2) is 42.5 Å². The molecular weight excluding hydrogens is 389 g/mol. The van der Waals surface area contributed by atoms with E-state index in [1.807, 2.05) is 24.3 Å². The number of rotatable bonds is 7. The zero-order valence-corrected chi connectivity index (χ0v) is 16.2. The second-order valence-corrected chi connectivity index (χ2v) is 7.20. The summed E-state index contributed by atoms with van der Waals surface area (Å²) in [4.78, 5) is 12.9. The van der Waals surface area contributed by atoms with E-state index in [0.717, 1.165) is 17.7 Å². The van der Waals surface area contributed by atoms with E-state index in [2.05, 4.69) is 4.90 Å². The molecule has 27 heavy (non-hydrogen) atoms. The number of carboxylic acids is 1. The van der Waals surface area contributed by atoms with Gasteiger partial charge in [0.1, 0.15) is 6.61 Å². The molecule has 3 rings (SSSR count). The summed E-state index contributed by atoms with van der Waals surface area (Å²) < 4.78 is 11.6. The van der Waals surface area contributed by atoms with Crippen molar-refractivity contribution >= 4 is 29.2 Å². The van der Waals surface area contributed by atoms with E-state index >= 15 is 0 Å². The highest BCUT2D eigenvalue weighted by Crippen LogP contribution is 2.33. The number of carboxylic acid groups (broad SMARTS) is 1. The minimum absolute atomic E-state index is 0.0551. The van der Waals surface area contributed by atoms with Crippen molar-refractivity contribution < 1.29 is 19.4 Å². The molecule has 5 nitrogen and oxygen atoms in total. The fourth-order valence-electron chi connectivity index (χ4n) is 2.97. The number of hydrogen-bond acceptors (Lipinski definition) is 4. The van der Waals surface area contributed by atoms with Gasteiger partial charge in [0.25, 0.3) is 0 Å². The second kappa shape index (κ2) is 9.42. The third-order valence-corrected chi connectivity index (χ3v) is 5.04. The summed E-state index contributed by atoms with van der Waals surface area (Å²) in [6.45, 7) is 2.95. The van der Waals surface area contributed by atoms with Crippen LogP contribution >= 0.6 is 23.2 Å². The van der Waals surface area contributed by atoms with Crippen LogP contribution in [-0.2, 0) is 16.1 Å². The van der Waals surface area contributed by atoms with Crippen molar-refractivity contribution in [2.24, 2.45) is 0 Å². The quantitative estimate of drug-likeness (QED) is 0.733. The monoisotopic (exact) mass is 409 g/mol. The number of halogens is 2. The predicted octanol–water partition coefficient (Wildman–Crippen LogP) is 4.42. The smallest absolute Gasteiger partial charge is 0.304 e. The molecule has 144 valence electrons. The molecule has 1 N–H and O–H groups in total. The van der Waals surface area contributed by atoms with Crippen LogP contribution in [0.25, 0.3) is 0 Å². The van der Waals surface area contributed by atoms with Gasteiger partial charge in [0, 0.05) is 19.6 Å². The number of carbonyl (C=O) groups is 1. The molecule has 0 amide bonds. The SMILES string of the molecule is O=C(O)CCN1CCOC(c2ccc(COc3c(Cl)cccc3Cl)cc2)C1. The zero-order valence-electron chi connectivity index (χ0n) is 14.7. The Kier molecular flexibility index (Phi) is 6.96. The lowest BCUT2D eigenvalue weighted by Crippen LogP contribution is -2.39. The van der Waals surface area contributed by atoms with Crippen molar-refractivity contribution in [2.45, 2.75) is 19.1 Å². The average molecular weight is 410 g/mol. The summed E-state index contributed by atoms with van der Waals surface area (Å²) in [5.41, 5.74) is 2.06. The summed E-state index contributed by atoms with van der Waals surface area (Å²) in [5.74, 6) is -0.296. The molecule has 0 radical (unpaired) electrons. The molecule has 0 aromatic heterocycles. The van der Waals surface area contributed by atoms with Gasteiger partial charge in [-0.3, -0.25) is 9.69 Å². The van der Waals surface area contributed by atoms with Crippen LogP contribution in [0.4, 0.5) is 0 Å². The maximum absolute atomic E-state index is 10.8. The molecule has 1 atom stereocenters. The standard InChI is InChI=1S/C20H21Cl2NO4/c21-16-2-1-3-17(22)20(16)27-13-14-4-6-15(7-5-14)18-12-23(10-11-26-18)9-8-19(24)25/h1-7,18H,8-13H2,(H,24,25). The normalized spacial score (nSPS) is 17.6. The van der Waals surface area contributed by atoms with Crippen molar-refractivity contribution in [3.8, 4) is 5.75 Å². The highest BCUT2D eigenvalue weighted by molar-refractivity contribution is 6.37. The third kappa shape index (κ3) is 5.59. The Morgan fingerprint density at radius 1 is 1.19 bits per heavy atom. The highest BCUT2D eigenvalue weighted by atomic mass is 35.5. The van der Waals surface area contributed by atoms with Gasteiger partial charge in [0.05, 0.1) is 29.2 Å². The zero-order chi connectivity index (χ0) is 19.2. The van der Waals surface area contributed by atoms with Crippen LogP contribution in [0.5, 0.6) is 5.75 Å². The summed E-state index contributed by atoms with van der Waals surface area (Å²) >= 11 is 12.2. The highest BCUT2D eigenvalue weighted by Gasteiger charge is 2.22. The number of aliphatic carboxylic acids is 1. The molecule has 0 spiro atoms. The van der Waals surface area contributed by atoms with Gasteiger partial charge in [-0.25, -0.2) is 0 Å². The van der Waals surface area contributed by atoms with Gasteiger partial charge >= 0.3 is 5.97 Å². The number of para-hydroxylation sites is 1. The number of benzene rings is 2. The van der Waals surface area contributed by atoms with E-state index in [9.17, 15) is 4.79 Å². The molecular formula is C20H21Cl2NO4. The summed E-state index contributed by atoms with van der Waals surface area (Å²) in [6.07, 6.45) is 0.0914. The topological polar surface area (TPSA) is 59.0 Å². The van der Waals surface area contributed by atoms with E-state index in [1.165, 1.54) is 0 Å². The van der Waals surface area contributed by atoms with E-state index in [4.69, 9.17) is 37.8 Å². The predicted molar refractivity (Wildman–Crippen MR) is 105 cm³/mol. The van der Waals surface area contributed by atoms with Crippen LogP contribution in [0.2, 0.25) is 10.0 Å². The first-order chi connectivity index (χ1) is 13.0. The second-order valence-electron chi connectivity index (χ2n) is 6.38. The molecule has 1 heterocycles. The lowest BCUT2D eigenvalue weighted by atomic mass is 10.1. The first kappa shape index (κ1) is 20.0. The van der Waals surface area contributed by atoms with Crippen molar-refractivity contribution in [1.82, 2.24) is 4.90 Å². The molecule has 1 saturated heterocycles. The lowest BCUT2D eigenvalue weighted by Gasteiger charge is -2.32. The van der Waals surface area contributed by atoms with Crippen molar-refractivity contribution in [1.29, 1.82) is 0 Å². The molecule has 0 saturated carbocycles. The number of morpholine rings is 1. The first-order valence-corrected chi connectivity index (χ1v) is 9.50. The van der Waals surface area contributed by atoms with E-state index in [1.54, 1.807) is 18.2 Å².